The molecule has 0 fully saturated rings. The van der Waals surface area contributed by atoms with Crippen LogP contribution in [0.3, 0.4) is 0 Å². The van der Waals surface area contributed by atoms with Crippen LogP contribution in [0.15, 0.2) is 24.3 Å². The molecule has 0 atom stereocenters. The summed E-state index contributed by atoms with van der Waals surface area (Å²) < 4.78 is 0. The van der Waals surface area contributed by atoms with Gasteiger partial charge in [0.15, 0.2) is 0 Å². The Bertz CT molecular complexity index is 412. The SMILES string of the molecule is Cc1cc2cc(Cl)c(Cl)cc2cc1C. The molecule has 0 radical (unpaired) electrons. The predicted molar refractivity (Wildman–Crippen MR) is 63.4 cm³/mol. The van der Waals surface area contributed by atoms with Crippen LogP contribution in [0.2, 0.25) is 10.0 Å². The van der Waals surface area contributed by atoms with Gasteiger partial charge in [-0.15, -0.1) is 0 Å². The second kappa shape index (κ2) is 3.45. The number of hydrogen-bond acceptors (Lipinski definition) is 0. The minimum absolute atomic E-state index is 0.613. The van der Waals surface area contributed by atoms with Gasteiger partial charge < -0.3 is 0 Å². The molecule has 0 nitrogen and oxygen atoms in total. The molecule has 2 aromatic carbocycles. The van der Waals surface area contributed by atoms with Crippen LogP contribution in [0.25, 0.3) is 10.8 Å². The molecule has 72 valence electrons. The molecule has 2 rings (SSSR count). The summed E-state index contributed by atoms with van der Waals surface area (Å²) in [5, 5.41) is 3.51. The van der Waals surface area contributed by atoms with Crippen molar-refractivity contribution in [2.24, 2.45) is 0 Å². The minimum atomic E-state index is 0.613. The van der Waals surface area contributed by atoms with Crippen LogP contribution in [-0.4, -0.2) is 0 Å². The van der Waals surface area contributed by atoms with Crippen molar-refractivity contribution in [3.63, 3.8) is 0 Å². The fourth-order valence-electron chi connectivity index (χ4n) is 1.52. The Balaban J connectivity index is 2.83. The molecule has 0 saturated heterocycles. The summed E-state index contributed by atoms with van der Waals surface area (Å²) in [4.78, 5) is 0. The minimum Gasteiger partial charge on any atom is -0.0827 e. The number of rotatable bonds is 0. The molecule has 0 spiro atoms. The van der Waals surface area contributed by atoms with E-state index in [9.17, 15) is 0 Å². The summed E-state index contributed by atoms with van der Waals surface area (Å²) in [6.07, 6.45) is 0. The Morgan fingerprint density at radius 3 is 1.43 bits per heavy atom. The normalized spacial score (nSPS) is 10.9. The quantitative estimate of drug-likeness (QED) is 0.606. The third-order valence-electron chi connectivity index (χ3n) is 2.49. The molecule has 0 aliphatic rings. The Hall–Kier alpha value is -0.720. The zero-order valence-corrected chi connectivity index (χ0v) is 9.58. The molecule has 2 heteroatoms. The van der Waals surface area contributed by atoms with Crippen LogP contribution in [0.5, 0.6) is 0 Å². The second-order valence-corrected chi connectivity index (χ2v) is 4.36. The lowest BCUT2D eigenvalue weighted by molar-refractivity contribution is 1.37. The first-order valence-electron chi connectivity index (χ1n) is 4.44. The largest absolute Gasteiger partial charge is 0.0827 e. The van der Waals surface area contributed by atoms with Crippen molar-refractivity contribution in [1.82, 2.24) is 0 Å². The second-order valence-electron chi connectivity index (χ2n) is 3.55. The average Bonchev–Trinajstić information content (AvgIpc) is 2.11. The van der Waals surface area contributed by atoms with Gasteiger partial charge in [-0.05, 0) is 47.9 Å². The summed E-state index contributed by atoms with van der Waals surface area (Å²) >= 11 is 11.9. The first kappa shape index (κ1) is 9.82. The lowest BCUT2D eigenvalue weighted by Gasteiger charge is -2.05. The van der Waals surface area contributed by atoms with E-state index in [0.29, 0.717) is 10.0 Å². The fourth-order valence-corrected chi connectivity index (χ4v) is 1.87. The molecular formula is C12H10Cl2. The van der Waals surface area contributed by atoms with Crippen molar-refractivity contribution in [2.75, 3.05) is 0 Å². The smallest absolute Gasteiger partial charge is 0.0598 e. The van der Waals surface area contributed by atoms with Crippen LogP contribution in [0.4, 0.5) is 0 Å². The van der Waals surface area contributed by atoms with Gasteiger partial charge in [0.1, 0.15) is 0 Å². The topological polar surface area (TPSA) is 0 Å². The highest BCUT2D eigenvalue weighted by molar-refractivity contribution is 6.42. The summed E-state index contributed by atoms with van der Waals surface area (Å²) in [7, 11) is 0. The van der Waals surface area contributed by atoms with E-state index in [2.05, 4.69) is 26.0 Å². The van der Waals surface area contributed by atoms with Gasteiger partial charge in [0.05, 0.1) is 10.0 Å². The zero-order chi connectivity index (χ0) is 10.3. The summed E-state index contributed by atoms with van der Waals surface area (Å²) in [5.41, 5.74) is 2.55. The fraction of sp³-hybridized carbons (Fsp3) is 0.167. The maximum atomic E-state index is 5.95. The molecule has 0 aromatic heterocycles. The lowest BCUT2D eigenvalue weighted by atomic mass is 10.0. The van der Waals surface area contributed by atoms with Crippen LogP contribution in [0.1, 0.15) is 11.1 Å². The Kier molecular flexibility index (Phi) is 2.42. The molecule has 0 heterocycles. The van der Waals surface area contributed by atoms with Crippen molar-refractivity contribution >= 4 is 34.0 Å². The first-order valence-corrected chi connectivity index (χ1v) is 5.19. The van der Waals surface area contributed by atoms with Crippen molar-refractivity contribution in [3.8, 4) is 0 Å². The van der Waals surface area contributed by atoms with Gasteiger partial charge in [0.2, 0.25) is 0 Å². The van der Waals surface area contributed by atoms with Crippen molar-refractivity contribution in [1.29, 1.82) is 0 Å². The standard InChI is InChI=1S/C12H10Cl2/c1-7-3-9-5-11(13)12(14)6-10(9)4-8(7)2/h3-6H,1-2H3. The van der Waals surface area contributed by atoms with E-state index in [-0.39, 0.29) is 0 Å². The van der Waals surface area contributed by atoms with E-state index in [1.807, 2.05) is 12.1 Å². The molecule has 0 saturated carbocycles. The van der Waals surface area contributed by atoms with Crippen LogP contribution in [-0.2, 0) is 0 Å². The third-order valence-corrected chi connectivity index (χ3v) is 3.21. The van der Waals surface area contributed by atoms with E-state index in [1.165, 1.54) is 11.1 Å². The average molecular weight is 225 g/mol. The summed E-state index contributed by atoms with van der Waals surface area (Å²) in [6.45, 7) is 4.19. The van der Waals surface area contributed by atoms with Crippen LogP contribution >= 0.6 is 23.2 Å². The lowest BCUT2D eigenvalue weighted by Crippen LogP contribution is -1.82. The van der Waals surface area contributed by atoms with Gasteiger partial charge in [-0.25, -0.2) is 0 Å². The van der Waals surface area contributed by atoms with Gasteiger partial charge in [-0.3, -0.25) is 0 Å². The van der Waals surface area contributed by atoms with Crippen LogP contribution < -0.4 is 0 Å². The summed E-state index contributed by atoms with van der Waals surface area (Å²) in [5.74, 6) is 0. The molecule has 0 amide bonds. The Morgan fingerprint density at radius 1 is 0.714 bits per heavy atom. The molecular weight excluding hydrogens is 215 g/mol. The van der Waals surface area contributed by atoms with Gasteiger partial charge in [-0.1, -0.05) is 35.3 Å². The number of halogens is 2. The van der Waals surface area contributed by atoms with E-state index < -0.39 is 0 Å². The van der Waals surface area contributed by atoms with E-state index >= 15 is 0 Å². The van der Waals surface area contributed by atoms with Crippen molar-refractivity contribution in [3.05, 3.63) is 45.4 Å². The monoisotopic (exact) mass is 224 g/mol. The Morgan fingerprint density at radius 2 is 1.07 bits per heavy atom. The van der Waals surface area contributed by atoms with Gasteiger partial charge in [0, 0.05) is 0 Å². The van der Waals surface area contributed by atoms with Crippen molar-refractivity contribution < 1.29 is 0 Å². The maximum absolute atomic E-state index is 5.95. The highest BCUT2D eigenvalue weighted by atomic mass is 35.5. The summed E-state index contributed by atoms with van der Waals surface area (Å²) in [6, 6.07) is 8.08. The van der Waals surface area contributed by atoms with E-state index in [0.717, 1.165) is 10.8 Å². The third kappa shape index (κ3) is 1.60. The van der Waals surface area contributed by atoms with Gasteiger partial charge >= 0.3 is 0 Å². The predicted octanol–water partition coefficient (Wildman–Crippen LogP) is 4.76. The zero-order valence-electron chi connectivity index (χ0n) is 8.07. The molecule has 0 aliphatic carbocycles. The molecule has 2 aromatic rings. The Labute approximate surface area is 93.4 Å². The van der Waals surface area contributed by atoms with Crippen molar-refractivity contribution in [2.45, 2.75) is 13.8 Å². The first-order chi connectivity index (χ1) is 6.58. The van der Waals surface area contributed by atoms with Crippen LogP contribution in [0, 0.1) is 13.8 Å². The molecule has 0 aliphatic heterocycles. The highest BCUT2D eigenvalue weighted by Gasteiger charge is 2.02. The molecule has 0 unspecified atom stereocenters. The van der Waals surface area contributed by atoms with Gasteiger partial charge in [0.25, 0.3) is 0 Å². The molecule has 14 heavy (non-hydrogen) atoms. The maximum Gasteiger partial charge on any atom is 0.0598 e. The number of benzene rings is 2. The number of hydrogen-bond donors (Lipinski definition) is 0. The number of aryl methyl sites for hydroxylation is 2. The van der Waals surface area contributed by atoms with Gasteiger partial charge in [-0.2, -0.15) is 0 Å². The highest BCUT2D eigenvalue weighted by Crippen LogP contribution is 2.29. The van der Waals surface area contributed by atoms with E-state index in [1.54, 1.807) is 0 Å². The number of fused-ring (bicyclic) bond motifs is 1. The molecule has 0 bridgehead atoms. The molecule has 0 N–H and O–H groups in total. The van der Waals surface area contributed by atoms with E-state index in [4.69, 9.17) is 23.2 Å².